The number of hydrogen-bond acceptors (Lipinski definition) is 4. The summed E-state index contributed by atoms with van der Waals surface area (Å²) in [6, 6.07) is 12.3. The van der Waals surface area contributed by atoms with Gasteiger partial charge in [-0.3, -0.25) is 9.59 Å². The van der Waals surface area contributed by atoms with Crippen LogP contribution in [0.4, 0.5) is 5.69 Å². The van der Waals surface area contributed by atoms with Crippen molar-refractivity contribution in [2.75, 3.05) is 25.6 Å². The predicted octanol–water partition coefficient (Wildman–Crippen LogP) is 3.16. The van der Waals surface area contributed by atoms with Crippen LogP contribution in [0.2, 0.25) is 0 Å². The van der Waals surface area contributed by atoms with Crippen molar-refractivity contribution < 1.29 is 19.1 Å². The van der Waals surface area contributed by atoms with Crippen molar-refractivity contribution >= 4 is 17.5 Å². The summed E-state index contributed by atoms with van der Waals surface area (Å²) in [5.41, 5.74) is 1.93. The highest BCUT2D eigenvalue weighted by Crippen LogP contribution is 2.19. The number of hydrogen-bond donors (Lipinski definition) is 2. The number of amides is 2. The third-order valence-electron chi connectivity index (χ3n) is 3.67. The van der Waals surface area contributed by atoms with Crippen LogP contribution in [0.15, 0.2) is 42.5 Å². The van der Waals surface area contributed by atoms with Gasteiger partial charge in [-0.15, -0.1) is 0 Å². The molecule has 0 spiro atoms. The topological polar surface area (TPSA) is 76.7 Å². The highest BCUT2D eigenvalue weighted by Gasteiger charge is 2.10. The van der Waals surface area contributed by atoms with Gasteiger partial charge in [0.15, 0.2) is 6.61 Å². The lowest BCUT2D eigenvalue weighted by Gasteiger charge is -2.11. The Morgan fingerprint density at radius 1 is 1.00 bits per heavy atom. The predicted molar refractivity (Wildman–Crippen MR) is 101 cm³/mol. The van der Waals surface area contributed by atoms with Crippen molar-refractivity contribution in [2.24, 2.45) is 0 Å². The van der Waals surface area contributed by atoms with E-state index in [1.807, 2.05) is 13.8 Å². The van der Waals surface area contributed by atoms with Gasteiger partial charge in [0.1, 0.15) is 11.5 Å². The van der Waals surface area contributed by atoms with Crippen LogP contribution in [0.25, 0.3) is 0 Å². The summed E-state index contributed by atoms with van der Waals surface area (Å²) in [6.45, 7) is 4.44. The van der Waals surface area contributed by atoms with Crippen LogP contribution in [-0.2, 0) is 4.79 Å². The molecule has 0 unspecified atom stereocenters. The Kier molecular flexibility index (Phi) is 7.02. The average molecular weight is 356 g/mol. The van der Waals surface area contributed by atoms with Crippen molar-refractivity contribution in [1.29, 1.82) is 0 Å². The smallest absolute Gasteiger partial charge is 0.262 e. The van der Waals surface area contributed by atoms with Crippen molar-refractivity contribution in [3.05, 3.63) is 53.6 Å². The number of ether oxygens (including phenoxy) is 2. The summed E-state index contributed by atoms with van der Waals surface area (Å²) in [5.74, 6) is 0.848. The first-order valence-electron chi connectivity index (χ1n) is 8.51. The van der Waals surface area contributed by atoms with Crippen LogP contribution in [0, 0.1) is 6.92 Å². The molecule has 0 atom stereocenters. The van der Waals surface area contributed by atoms with Gasteiger partial charge in [0.05, 0.1) is 6.61 Å². The Morgan fingerprint density at radius 2 is 1.65 bits per heavy atom. The number of anilines is 1. The molecule has 2 aromatic rings. The minimum Gasteiger partial charge on any atom is -0.494 e. The van der Waals surface area contributed by atoms with Crippen molar-refractivity contribution in [3.63, 3.8) is 0 Å². The highest BCUT2D eigenvalue weighted by atomic mass is 16.5. The molecular weight excluding hydrogens is 332 g/mol. The molecule has 2 amide bonds. The van der Waals surface area contributed by atoms with Crippen molar-refractivity contribution in [3.8, 4) is 11.5 Å². The number of rotatable bonds is 8. The van der Waals surface area contributed by atoms with E-state index in [1.54, 1.807) is 49.5 Å². The fourth-order valence-electron chi connectivity index (χ4n) is 2.23. The van der Waals surface area contributed by atoms with Crippen LogP contribution >= 0.6 is 0 Å². The number of aryl methyl sites for hydroxylation is 1. The van der Waals surface area contributed by atoms with E-state index in [9.17, 15) is 9.59 Å². The molecule has 0 aliphatic carbocycles. The Balaban J connectivity index is 1.91. The number of nitrogens with one attached hydrogen (secondary N) is 2. The van der Waals surface area contributed by atoms with Gasteiger partial charge in [-0.25, -0.2) is 0 Å². The van der Waals surface area contributed by atoms with E-state index < -0.39 is 0 Å². The minimum absolute atomic E-state index is 0.126. The van der Waals surface area contributed by atoms with E-state index in [1.165, 1.54) is 0 Å². The van der Waals surface area contributed by atoms with Gasteiger partial charge in [0.25, 0.3) is 11.8 Å². The van der Waals surface area contributed by atoms with E-state index in [4.69, 9.17) is 9.47 Å². The van der Waals surface area contributed by atoms with E-state index >= 15 is 0 Å². The van der Waals surface area contributed by atoms with Gasteiger partial charge >= 0.3 is 0 Å². The molecule has 0 heterocycles. The Bertz CT molecular complexity index is 757. The zero-order chi connectivity index (χ0) is 18.9. The Labute approximate surface area is 153 Å². The second-order valence-electron chi connectivity index (χ2n) is 5.77. The van der Waals surface area contributed by atoms with Crippen molar-refractivity contribution in [2.45, 2.75) is 20.3 Å². The van der Waals surface area contributed by atoms with Gasteiger partial charge in [-0.1, -0.05) is 13.0 Å². The van der Waals surface area contributed by atoms with E-state index in [2.05, 4.69) is 10.6 Å². The van der Waals surface area contributed by atoms with E-state index in [-0.39, 0.29) is 18.4 Å². The molecule has 0 bridgehead atoms. The van der Waals surface area contributed by atoms with Gasteiger partial charge in [-0.2, -0.15) is 0 Å². The fourth-order valence-corrected chi connectivity index (χ4v) is 2.23. The molecule has 0 aromatic heterocycles. The molecule has 0 saturated heterocycles. The van der Waals surface area contributed by atoms with Crippen LogP contribution in [0.1, 0.15) is 29.3 Å². The second kappa shape index (κ2) is 9.46. The highest BCUT2D eigenvalue weighted by molar-refractivity contribution is 5.98. The Morgan fingerprint density at radius 3 is 2.27 bits per heavy atom. The number of benzene rings is 2. The summed E-state index contributed by atoms with van der Waals surface area (Å²) in [6.07, 6.45) is 0.943. The first-order chi connectivity index (χ1) is 12.5. The largest absolute Gasteiger partial charge is 0.494 e. The molecule has 0 fully saturated rings. The average Bonchev–Trinajstić information content (AvgIpc) is 2.66. The molecule has 0 aliphatic heterocycles. The van der Waals surface area contributed by atoms with Crippen molar-refractivity contribution in [1.82, 2.24) is 5.32 Å². The van der Waals surface area contributed by atoms with Gasteiger partial charge in [0.2, 0.25) is 0 Å². The number of carbonyl (C=O) groups excluding carboxylic acids is 2. The van der Waals surface area contributed by atoms with Gasteiger partial charge in [0, 0.05) is 18.3 Å². The Hall–Kier alpha value is -3.02. The number of carbonyl (C=O) groups is 2. The molecule has 2 N–H and O–H groups in total. The van der Waals surface area contributed by atoms with E-state index in [0.29, 0.717) is 23.6 Å². The first kappa shape index (κ1) is 19.3. The summed E-state index contributed by atoms with van der Waals surface area (Å²) < 4.78 is 11.0. The summed E-state index contributed by atoms with van der Waals surface area (Å²) in [5, 5.41) is 5.33. The SMILES string of the molecule is CCCOc1ccc(OCC(=O)Nc2cc(C(=O)NC)ccc2C)cc1. The molecule has 2 aromatic carbocycles. The first-order valence-corrected chi connectivity index (χ1v) is 8.51. The normalized spacial score (nSPS) is 10.1. The lowest BCUT2D eigenvalue weighted by molar-refractivity contribution is -0.118. The standard InChI is InChI=1S/C20H24N2O4/c1-4-11-25-16-7-9-17(10-8-16)26-13-19(23)22-18-12-15(20(24)21-3)6-5-14(18)2/h5-10,12H,4,11,13H2,1-3H3,(H,21,24)(H,22,23). The zero-order valence-electron chi connectivity index (χ0n) is 15.3. The monoisotopic (exact) mass is 356 g/mol. The minimum atomic E-state index is -0.298. The molecule has 2 rings (SSSR count). The molecule has 0 radical (unpaired) electrons. The molecule has 0 aliphatic rings. The van der Waals surface area contributed by atoms with Gasteiger partial charge < -0.3 is 20.1 Å². The molecular formula is C20H24N2O4. The van der Waals surface area contributed by atoms with Crippen LogP contribution in [0.5, 0.6) is 11.5 Å². The van der Waals surface area contributed by atoms with E-state index in [0.717, 1.165) is 17.7 Å². The quantitative estimate of drug-likeness (QED) is 0.762. The molecule has 138 valence electrons. The maximum absolute atomic E-state index is 12.1. The maximum Gasteiger partial charge on any atom is 0.262 e. The lowest BCUT2D eigenvalue weighted by Crippen LogP contribution is -2.22. The summed E-state index contributed by atoms with van der Waals surface area (Å²) >= 11 is 0. The second-order valence-corrected chi connectivity index (χ2v) is 5.77. The van der Waals surface area contributed by atoms with Crippen LogP contribution in [0.3, 0.4) is 0 Å². The fraction of sp³-hybridized carbons (Fsp3) is 0.300. The third-order valence-corrected chi connectivity index (χ3v) is 3.67. The molecule has 0 saturated carbocycles. The molecule has 6 heteroatoms. The summed E-state index contributed by atoms with van der Waals surface area (Å²) in [4.78, 5) is 23.8. The lowest BCUT2D eigenvalue weighted by atomic mass is 10.1. The van der Waals surface area contributed by atoms with Crippen LogP contribution < -0.4 is 20.1 Å². The van der Waals surface area contributed by atoms with Crippen LogP contribution in [-0.4, -0.2) is 32.1 Å². The molecule has 26 heavy (non-hydrogen) atoms. The van der Waals surface area contributed by atoms with Gasteiger partial charge in [-0.05, 0) is 55.3 Å². The zero-order valence-corrected chi connectivity index (χ0v) is 15.3. The summed E-state index contributed by atoms with van der Waals surface area (Å²) in [7, 11) is 1.56. The third kappa shape index (κ3) is 5.51. The maximum atomic E-state index is 12.1. The molecule has 6 nitrogen and oxygen atoms in total.